The number of nitrogens with two attached hydrogens (primary N) is 1. The van der Waals surface area contributed by atoms with Gasteiger partial charge in [-0.15, -0.1) is 11.3 Å². The molecule has 3 aromatic rings. The van der Waals surface area contributed by atoms with Crippen LogP contribution in [0.4, 0.5) is 5.69 Å². The molecule has 0 spiro atoms. The van der Waals surface area contributed by atoms with E-state index in [0.29, 0.717) is 11.7 Å². The fraction of sp³-hybridized carbons (Fsp3) is 0.0769. The van der Waals surface area contributed by atoms with Gasteiger partial charge in [0, 0.05) is 11.3 Å². The van der Waals surface area contributed by atoms with Gasteiger partial charge >= 0.3 is 0 Å². The molecule has 90 valence electrons. The average molecular weight is 257 g/mol. The maximum atomic E-state index is 5.64. The van der Waals surface area contributed by atoms with Crippen molar-refractivity contribution in [2.45, 2.75) is 6.92 Å². The first-order valence-corrected chi connectivity index (χ1v) is 6.36. The fourth-order valence-corrected chi connectivity index (χ4v) is 2.50. The molecule has 0 radical (unpaired) electrons. The van der Waals surface area contributed by atoms with Crippen LogP contribution < -0.4 is 5.73 Å². The molecule has 0 unspecified atom stereocenters. The number of benzene rings is 1. The van der Waals surface area contributed by atoms with E-state index in [0.717, 1.165) is 21.7 Å². The fourth-order valence-electron chi connectivity index (χ4n) is 1.66. The molecule has 4 nitrogen and oxygen atoms in total. The monoisotopic (exact) mass is 257 g/mol. The second kappa shape index (κ2) is 4.27. The molecular formula is C13H11N3OS. The van der Waals surface area contributed by atoms with Gasteiger partial charge in [-0.25, -0.2) is 0 Å². The highest BCUT2D eigenvalue weighted by Crippen LogP contribution is 2.29. The molecule has 0 atom stereocenters. The van der Waals surface area contributed by atoms with Crippen LogP contribution in [0.2, 0.25) is 0 Å². The van der Waals surface area contributed by atoms with E-state index in [1.165, 1.54) is 0 Å². The first-order valence-electron chi connectivity index (χ1n) is 5.48. The Morgan fingerprint density at radius 3 is 2.61 bits per heavy atom. The zero-order chi connectivity index (χ0) is 12.5. The minimum Gasteiger partial charge on any atom is -0.399 e. The molecule has 0 aliphatic rings. The molecule has 2 aromatic heterocycles. The summed E-state index contributed by atoms with van der Waals surface area (Å²) >= 11 is 1.60. The third kappa shape index (κ3) is 1.89. The molecule has 0 fully saturated rings. The summed E-state index contributed by atoms with van der Waals surface area (Å²) in [5.74, 6) is 1.15. The zero-order valence-electron chi connectivity index (χ0n) is 9.75. The summed E-state index contributed by atoms with van der Waals surface area (Å²) in [6.07, 6.45) is 0. The Balaban J connectivity index is 1.99. The Kier molecular flexibility index (Phi) is 2.60. The first-order chi connectivity index (χ1) is 8.74. The summed E-state index contributed by atoms with van der Waals surface area (Å²) in [5.41, 5.74) is 8.41. The van der Waals surface area contributed by atoms with Gasteiger partial charge in [-0.3, -0.25) is 0 Å². The number of thiophene rings is 1. The number of nitrogens with zero attached hydrogens (tertiary/aromatic N) is 2. The van der Waals surface area contributed by atoms with Gasteiger partial charge in [0.15, 0.2) is 0 Å². The SMILES string of the molecule is Cc1ccsc1-c1nc(-c2ccc(N)cc2)no1. The van der Waals surface area contributed by atoms with Crippen LogP contribution in [-0.4, -0.2) is 10.1 Å². The lowest BCUT2D eigenvalue weighted by Crippen LogP contribution is -1.85. The Labute approximate surface area is 108 Å². The highest BCUT2D eigenvalue weighted by Gasteiger charge is 2.13. The summed E-state index contributed by atoms with van der Waals surface area (Å²) in [6, 6.07) is 9.44. The third-order valence-corrected chi connectivity index (χ3v) is 3.66. The molecule has 18 heavy (non-hydrogen) atoms. The van der Waals surface area contributed by atoms with Crippen molar-refractivity contribution in [2.24, 2.45) is 0 Å². The van der Waals surface area contributed by atoms with Crippen LogP contribution >= 0.6 is 11.3 Å². The van der Waals surface area contributed by atoms with Crippen molar-refractivity contribution in [1.29, 1.82) is 0 Å². The van der Waals surface area contributed by atoms with Gasteiger partial charge in [0.05, 0.1) is 4.88 Å². The normalized spacial score (nSPS) is 10.7. The highest BCUT2D eigenvalue weighted by molar-refractivity contribution is 7.13. The predicted octanol–water partition coefficient (Wildman–Crippen LogP) is 3.36. The molecule has 2 heterocycles. The summed E-state index contributed by atoms with van der Waals surface area (Å²) < 4.78 is 5.29. The van der Waals surface area contributed by atoms with Gasteiger partial charge < -0.3 is 10.3 Å². The van der Waals surface area contributed by atoms with Gasteiger partial charge in [-0.1, -0.05) is 5.16 Å². The van der Waals surface area contributed by atoms with Crippen molar-refractivity contribution in [3.8, 4) is 22.2 Å². The van der Waals surface area contributed by atoms with Gasteiger partial charge in [0.2, 0.25) is 5.82 Å². The second-order valence-electron chi connectivity index (χ2n) is 3.98. The standard InChI is InChI=1S/C13H11N3OS/c1-8-6-7-18-11(8)13-15-12(16-17-13)9-2-4-10(14)5-3-9/h2-7H,14H2,1H3. The smallest absolute Gasteiger partial charge is 0.268 e. The molecule has 0 saturated carbocycles. The summed E-state index contributed by atoms with van der Waals surface area (Å²) in [7, 11) is 0. The number of hydrogen-bond donors (Lipinski definition) is 1. The summed E-state index contributed by atoms with van der Waals surface area (Å²) in [6.45, 7) is 2.03. The molecule has 0 saturated heterocycles. The Bertz CT molecular complexity index is 670. The quantitative estimate of drug-likeness (QED) is 0.715. The molecule has 0 amide bonds. The molecule has 0 aliphatic heterocycles. The van der Waals surface area contributed by atoms with Crippen LogP contribution in [0, 0.1) is 6.92 Å². The van der Waals surface area contributed by atoms with E-state index in [2.05, 4.69) is 10.1 Å². The van der Waals surface area contributed by atoms with Crippen LogP contribution in [0.25, 0.3) is 22.2 Å². The maximum absolute atomic E-state index is 5.64. The maximum Gasteiger partial charge on any atom is 0.268 e. The Morgan fingerprint density at radius 1 is 1.17 bits per heavy atom. The van der Waals surface area contributed by atoms with E-state index in [1.807, 2.05) is 42.6 Å². The van der Waals surface area contributed by atoms with Crippen LogP contribution in [0.1, 0.15) is 5.56 Å². The lowest BCUT2D eigenvalue weighted by atomic mass is 10.2. The molecule has 1 aromatic carbocycles. The lowest BCUT2D eigenvalue weighted by Gasteiger charge is -1.94. The molecular weight excluding hydrogens is 246 g/mol. The molecule has 3 rings (SSSR count). The number of nitrogen functional groups attached to an aromatic ring is 1. The van der Waals surface area contributed by atoms with Gasteiger partial charge in [-0.05, 0) is 48.2 Å². The van der Waals surface area contributed by atoms with Gasteiger partial charge in [0.1, 0.15) is 0 Å². The number of aromatic nitrogens is 2. The van der Waals surface area contributed by atoms with Crippen LogP contribution in [0.15, 0.2) is 40.2 Å². The topological polar surface area (TPSA) is 64.9 Å². The highest BCUT2D eigenvalue weighted by atomic mass is 32.1. The predicted molar refractivity (Wildman–Crippen MR) is 72.2 cm³/mol. The average Bonchev–Trinajstić information content (AvgIpc) is 2.98. The molecule has 0 aliphatic carbocycles. The Hall–Kier alpha value is -2.14. The van der Waals surface area contributed by atoms with Crippen molar-refractivity contribution in [3.05, 3.63) is 41.3 Å². The molecule has 2 N–H and O–H groups in total. The van der Waals surface area contributed by atoms with E-state index < -0.39 is 0 Å². The van der Waals surface area contributed by atoms with Crippen molar-refractivity contribution in [1.82, 2.24) is 10.1 Å². The Morgan fingerprint density at radius 2 is 1.94 bits per heavy atom. The number of anilines is 1. The molecule has 5 heteroatoms. The zero-order valence-corrected chi connectivity index (χ0v) is 10.6. The largest absolute Gasteiger partial charge is 0.399 e. The van der Waals surface area contributed by atoms with Crippen LogP contribution in [0.5, 0.6) is 0 Å². The van der Waals surface area contributed by atoms with Crippen molar-refractivity contribution in [2.75, 3.05) is 5.73 Å². The van der Waals surface area contributed by atoms with E-state index in [4.69, 9.17) is 10.3 Å². The van der Waals surface area contributed by atoms with Crippen molar-refractivity contribution >= 4 is 17.0 Å². The lowest BCUT2D eigenvalue weighted by molar-refractivity contribution is 0.433. The minimum absolute atomic E-state index is 0.564. The second-order valence-corrected chi connectivity index (χ2v) is 4.89. The van der Waals surface area contributed by atoms with Gasteiger partial charge in [0.25, 0.3) is 5.89 Å². The van der Waals surface area contributed by atoms with E-state index in [-0.39, 0.29) is 0 Å². The summed E-state index contributed by atoms with van der Waals surface area (Å²) in [5, 5.41) is 6.00. The summed E-state index contributed by atoms with van der Waals surface area (Å²) in [4.78, 5) is 5.42. The van der Waals surface area contributed by atoms with E-state index in [1.54, 1.807) is 11.3 Å². The molecule has 0 bridgehead atoms. The first kappa shape index (κ1) is 11.0. The van der Waals surface area contributed by atoms with Crippen LogP contribution in [0.3, 0.4) is 0 Å². The minimum atomic E-state index is 0.564. The van der Waals surface area contributed by atoms with E-state index in [9.17, 15) is 0 Å². The number of aryl methyl sites for hydroxylation is 1. The van der Waals surface area contributed by atoms with Gasteiger partial charge in [-0.2, -0.15) is 4.98 Å². The van der Waals surface area contributed by atoms with Crippen LogP contribution in [-0.2, 0) is 0 Å². The third-order valence-electron chi connectivity index (χ3n) is 2.65. The van der Waals surface area contributed by atoms with E-state index >= 15 is 0 Å². The number of rotatable bonds is 2. The van der Waals surface area contributed by atoms with Crippen molar-refractivity contribution < 1.29 is 4.52 Å². The van der Waals surface area contributed by atoms with Crippen molar-refractivity contribution in [3.63, 3.8) is 0 Å². The number of hydrogen-bond acceptors (Lipinski definition) is 5.